The molecule has 0 bridgehead atoms. The third kappa shape index (κ3) is 4.33. The second kappa shape index (κ2) is 8.19. The van der Waals surface area contributed by atoms with E-state index in [2.05, 4.69) is 15.3 Å². The van der Waals surface area contributed by atoms with Gasteiger partial charge in [-0.15, -0.1) is 0 Å². The molecule has 22 heavy (non-hydrogen) atoms. The molecule has 0 saturated carbocycles. The van der Waals surface area contributed by atoms with Gasteiger partial charge in [-0.25, -0.2) is 4.98 Å². The Balaban J connectivity index is 2.13. The summed E-state index contributed by atoms with van der Waals surface area (Å²) in [5, 5.41) is 3.25. The summed E-state index contributed by atoms with van der Waals surface area (Å²) in [6.45, 7) is 3.52. The van der Waals surface area contributed by atoms with E-state index in [0.717, 1.165) is 5.56 Å². The Hall–Kier alpha value is -2.34. The third-order valence-electron chi connectivity index (χ3n) is 3.10. The Kier molecular flexibility index (Phi) is 5.97. The molecule has 0 amide bonds. The number of nitrogens with zero attached hydrogens (tertiary/aromatic N) is 2. The van der Waals surface area contributed by atoms with Crippen molar-refractivity contribution in [2.45, 2.75) is 19.9 Å². The van der Waals surface area contributed by atoms with Crippen molar-refractivity contribution >= 4 is 11.5 Å². The first kappa shape index (κ1) is 16.0. The van der Waals surface area contributed by atoms with Crippen LogP contribution in [0.25, 0.3) is 0 Å². The molecule has 0 aliphatic rings. The Bertz CT molecular complexity index is 590. The van der Waals surface area contributed by atoms with E-state index in [-0.39, 0.29) is 0 Å². The van der Waals surface area contributed by atoms with E-state index in [1.54, 1.807) is 7.11 Å². The topological polar surface area (TPSA) is 82.3 Å². The molecule has 0 fully saturated rings. The standard InChI is InChI=1S/C16H22N4O2/c1-3-13-19-15(18-11-12-7-5-4-6-8-12)14(17)16(20-13)22-10-9-21-2/h4-8H,3,9-11,17H2,1-2H3,(H,18,19,20). The van der Waals surface area contributed by atoms with Crippen molar-refractivity contribution in [1.29, 1.82) is 0 Å². The second-order valence-electron chi connectivity index (χ2n) is 4.74. The minimum Gasteiger partial charge on any atom is -0.474 e. The Labute approximate surface area is 130 Å². The summed E-state index contributed by atoms with van der Waals surface area (Å²) in [6, 6.07) is 10.1. The average molecular weight is 302 g/mol. The van der Waals surface area contributed by atoms with Crippen LogP contribution in [0.1, 0.15) is 18.3 Å². The van der Waals surface area contributed by atoms with Gasteiger partial charge >= 0.3 is 0 Å². The predicted molar refractivity (Wildman–Crippen MR) is 87.0 cm³/mol. The van der Waals surface area contributed by atoms with Crippen molar-refractivity contribution in [3.05, 3.63) is 41.7 Å². The molecular formula is C16H22N4O2. The summed E-state index contributed by atoms with van der Waals surface area (Å²) in [5.41, 5.74) is 7.67. The number of nitrogen functional groups attached to an aromatic ring is 1. The minimum absolute atomic E-state index is 0.402. The van der Waals surface area contributed by atoms with Gasteiger partial charge in [0.05, 0.1) is 6.61 Å². The zero-order valence-corrected chi connectivity index (χ0v) is 13.0. The highest BCUT2D eigenvalue weighted by molar-refractivity contribution is 5.67. The summed E-state index contributed by atoms with van der Waals surface area (Å²) in [5.74, 6) is 1.69. The number of hydrogen-bond donors (Lipinski definition) is 2. The van der Waals surface area contributed by atoms with Gasteiger partial charge in [0, 0.05) is 20.1 Å². The summed E-state index contributed by atoms with van der Waals surface area (Å²) < 4.78 is 10.5. The molecule has 0 aliphatic heterocycles. The summed E-state index contributed by atoms with van der Waals surface area (Å²) >= 11 is 0. The van der Waals surface area contributed by atoms with Crippen LogP contribution in [-0.4, -0.2) is 30.3 Å². The molecule has 1 aromatic heterocycles. The van der Waals surface area contributed by atoms with Crippen LogP contribution in [0.15, 0.2) is 30.3 Å². The molecular weight excluding hydrogens is 280 g/mol. The van der Waals surface area contributed by atoms with Crippen LogP contribution in [0.2, 0.25) is 0 Å². The number of ether oxygens (including phenoxy) is 2. The van der Waals surface area contributed by atoms with Crippen LogP contribution in [0, 0.1) is 0 Å². The predicted octanol–water partition coefficient (Wildman–Crippen LogP) is 2.26. The molecule has 3 N–H and O–H groups in total. The molecule has 0 saturated heterocycles. The SMILES string of the molecule is CCc1nc(NCc2ccccc2)c(N)c(OCCOC)n1. The number of aryl methyl sites for hydroxylation is 1. The fourth-order valence-electron chi connectivity index (χ4n) is 1.90. The smallest absolute Gasteiger partial charge is 0.242 e. The molecule has 6 nitrogen and oxygen atoms in total. The van der Waals surface area contributed by atoms with Gasteiger partial charge in [-0.1, -0.05) is 37.3 Å². The van der Waals surface area contributed by atoms with Crippen molar-refractivity contribution in [3.63, 3.8) is 0 Å². The van der Waals surface area contributed by atoms with Crippen LogP contribution >= 0.6 is 0 Å². The van der Waals surface area contributed by atoms with Gasteiger partial charge in [0.1, 0.15) is 18.1 Å². The van der Waals surface area contributed by atoms with Crippen molar-refractivity contribution in [3.8, 4) is 5.88 Å². The van der Waals surface area contributed by atoms with Gasteiger partial charge in [0.15, 0.2) is 5.82 Å². The number of aromatic nitrogens is 2. The maximum Gasteiger partial charge on any atom is 0.242 e. The van der Waals surface area contributed by atoms with E-state index in [1.165, 1.54) is 0 Å². The van der Waals surface area contributed by atoms with E-state index < -0.39 is 0 Å². The highest BCUT2D eigenvalue weighted by Gasteiger charge is 2.12. The first-order valence-electron chi connectivity index (χ1n) is 7.30. The largest absolute Gasteiger partial charge is 0.474 e. The lowest BCUT2D eigenvalue weighted by Crippen LogP contribution is -2.12. The van der Waals surface area contributed by atoms with E-state index in [9.17, 15) is 0 Å². The summed E-state index contributed by atoms with van der Waals surface area (Å²) in [4.78, 5) is 8.76. The number of rotatable bonds is 8. The van der Waals surface area contributed by atoms with Crippen LogP contribution < -0.4 is 15.8 Å². The van der Waals surface area contributed by atoms with Crippen molar-refractivity contribution in [1.82, 2.24) is 9.97 Å². The summed E-state index contributed by atoms with van der Waals surface area (Å²) in [6.07, 6.45) is 0.709. The van der Waals surface area contributed by atoms with Gasteiger partial charge in [0.2, 0.25) is 5.88 Å². The zero-order chi connectivity index (χ0) is 15.8. The molecule has 0 radical (unpaired) electrons. The molecule has 0 aliphatic carbocycles. The van der Waals surface area contributed by atoms with Crippen molar-refractivity contribution < 1.29 is 9.47 Å². The zero-order valence-electron chi connectivity index (χ0n) is 13.0. The maximum atomic E-state index is 6.10. The molecule has 2 aromatic rings. The fraction of sp³-hybridized carbons (Fsp3) is 0.375. The van der Waals surface area contributed by atoms with E-state index in [4.69, 9.17) is 15.2 Å². The Morgan fingerprint density at radius 2 is 1.91 bits per heavy atom. The first-order valence-corrected chi connectivity index (χ1v) is 7.30. The summed E-state index contributed by atoms with van der Waals surface area (Å²) in [7, 11) is 1.62. The second-order valence-corrected chi connectivity index (χ2v) is 4.74. The van der Waals surface area contributed by atoms with Crippen LogP contribution in [0.5, 0.6) is 5.88 Å². The Morgan fingerprint density at radius 3 is 2.59 bits per heavy atom. The molecule has 0 spiro atoms. The quantitative estimate of drug-likeness (QED) is 0.728. The minimum atomic E-state index is 0.402. The van der Waals surface area contributed by atoms with Crippen molar-refractivity contribution in [2.75, 3.05) is 31.4 Å². The first-order chi connectivity index (χ1) is 10.7. The van der Waals surface area contributed by atoms with E-state index in [1.807, 2.05) is 37.3 Å². The number of methoxy groups -OCH3 is 1. The maximum absolute atomic E-state index is 6.10. The molecule has 0 unspecified atom stereocenters. The number of anilines is 2. The van der Waals surface area contributed by atoms with Gasteiger partial charge in [-0.3, -0.25) is 0 Å². The lowest BCUT2D eigenvalue weighted by molar-refractivity contribution is 0.144. The molecule has 6 heteroatoms. The van der Waals surface area contributed by atoms with Crippen LogP contribution in [0.3, 0.4) is 0 Å². The van der Waals surface area contributed by atoms with E-state index in [0.29, 0.717) is 49.4 Å². The third-order valence-corrected chi connectivity index (χ3v) is 3.10. The van der Waals surface area contributed by atoms with Crippen LogP contribution in [-0.2, 0) is 17.7 Å². The monoisotopic (exact) mass is 302 g/mol. The van der Waals surface area contributed by atoms with Gasteiger partial charge < -0.3 is 20.5 Å². The number of nitrogens with two attached hydrogens (primary N) is 1. The number of nitrogens with one attached hydrogen (secondary N) is 1. The average Bonchev–Trinajstić information content (AvgIpc) is 2.56. The highest BCUT2D eigenvalue weighted by atomic mass is 16.5. The normalized spacial score (nSPS) is 10.5. The molecule has 118 valence electrons. The lowest BCUT2D eigenvalue weighted by Gasteiger charge is -2.14. The molecule has 2 rings (SSSR count). The lowest BCUT2D eigenvalue weighted by atomic mass is 10.2. The van der Waals surface area contributed by atoms with Gasteiger partial charge in [-0.05, 0) is 5.56 Å². The van der Waals surface area contributed by atoms with E-state index >= 15 is 0 Å². The van der Waals surface area contributed by atoms with Gasteiger partial charge in [-0.2, -0.15) is 4.98 Å². The highest BCUT2D eigenvalue weighted by Crippen LogP contribution is 2.26. The number of hydrogen-bond acceptors (Lipinski definition) is 6. The molecule has 1 aromatic carbocycles. The number of benzene rings is 1. The molecule has 1 heterocycles. The van der Waals surface area contributed by atoms with Gasteiger partial charge in [0.25, 0.3) is 0 Å². The van der Waals surface area contributed by atoms with Crippen LogP contribution in [0.4, 0.5) is 11.5 Å². The molecule has 0 atom stereocenters. The van der Waals surface area contributed by atoms with Crippen molar-refractivity contribution in [2.24, 2.45) is 0 Å². The Morgan fingerprint density at radius 1 is 1.14 bits per heavy atom. The fourth-order valence-corrected chi connectivity index (χ4v) is 1.90.